The maximum Gasteiger partial charge on any atom is 0.320 e. The number of carbonyl (C=O) groups is 1. The van der Waals surface area contributed by atoms with Gasteiger partial charge in [0.15, 0.2) is 0 Å². The Bertz CT molecular complexity index is 453. The summed E-state index contributed by atoms with van der Waals surface area (Å²) in [6.07, 6.45) is 3.14. The Morgan fingerprint density at radius 2 is 2.20 bits per heavy atom. The van der Waals surface area contributed by atoms with E-state index in [1.54, 1.807) is 6.07 Å². The predicted molar refractivity (Wildman–Crippen MR) is 81.4 cm³/mol. The second kappa shape index (κ2) is 8.37. The Kier molecular flexibility index (Phi) is 7.16. The summed E-state index contributed by atoms with van der Waals surface area (Å²) in [5.74, 6) is -1.10. The summed E-state index contributed by atoms with van der Waals surface area (Å²) in [6.45, 7) is 3.98. The van der Waals surface area contributed by atoms with Crippen molar-refractivity contribution in [1.82, 2.24) is 5.32 Å². The number of carboxylic acid groups (broad SMARTS) is 1. The maximum atomic E-state index is 13.0. The zero-order valence-electron chi connectivity index (χ0n) is 11.8. The van der Waals surface area contributed by atoms with Crippen LogP contribution in [0.25, 0.3) is 0 Å². The van der Waals surface area contributed by atoms with E-state index in [-0.39, 0.29) is 11.9 Å². The molecule has 0 heterocycles. The van der Waals surface area contributed by atoms with Crippen molar-refractivity contribution in [1.29, 1.82) is 0 Å². The molecular formula is C15H21BrFNO2. The summed E-state index contributed by atoms with van der Waals surface area (Å²) in [5, 5.41) is 12.3. The van der Waals surface area contributed by atoms with Crippen LogP contribution >= 0.6 is 15.9 Å². The van der Waals surface area contributed by atoms with Crippen LogP contribution in [0.3, 0.4) is 0 Å². The van der Waals surface area contributed by atoms with Gasteiger partial charge in [0.2, 0.25) is 0 Å². The fourth-order valence-electron chi connectivity index (χ4n) is 2.11. The van der Waals surface area contributed by atoms with Crippen LogP contribution in [-0.4, -0.2) is 23.2 Å². The SMILES string of the molecule is CCCCC(NC(C)Cc1ccc(F)cc1Br)C(=O)O. The van der Waals surface area contributed by atoms with Crippen molar-refractivity contribution in [2.45, 2.75) is 51.6 Å². The van der Waals surface area contributed by atoms with Crippen molar-refractivity contribution < 1.29 is 14.3 Å². The second-order valence-electron chi connectivity index (χ2n) is 5.04. The number of hydrogen-bond acceptors (Lipinski definition) is 2. The quantitative estimate of drug-likeness (QED) is 0.754. The standard InChI is InChI=1S/C15H21BrFNO2/c1-3-4-5-14(15(19)20)18-10(2)8-11-6-7-12(17)9-13(11)16/h6-7,9-10,14,18H,3-5,8H2,1-2H3,(H,19,20). The Morgan fingerprint density at radius 3 is 2.75 bits per heavy atom. The van der Waals surface area contributed by atoms with Crippen LogP contribution in [0.1, 0.15) is 38.7 Å². The van der Waals surface area contributed by atoms with Gasteiger partial charge in [-0.1, -0.05) is 41.8 Å². The predicted octanol–water partition coefficient (Wildman–Crippen LogP) is 3.75. The third-order valence-corrected chi connectivity index (χ3v) is 3.91. The van der Waals surface area contributed by atoms with Crippen LogP contribution in [-0.2, 0) is 11.2 Å². The van der Waals surface area contributed by atoms with E-state index in [9.17, 15) is 14.3 Å². The van der Waals surface area contributed by atoms with Crippen LogP contribution in [0, 0.1) is 5.82 Å². The molecule has 0 bridgehead atoms. The van der Waals surface area contributed by atoms with Gasteiger partial charge >= 0.3 is 5.97 Å². The minimum Gasteiger partial charge on any atom is -0.480 e. The number of halogens is 2. The molecule has 2 N–H and O–H groups in total. The lowest BCUT2D eigenvalue weighted by Gasteiger charge is -2.20. The third-order valence-electron chi connectivity index (χ3n) is 3.17. The average Bonchev–Trinajstić information content (AvgIpc) is 2.37. The molecule has 0 aliphatic heterocycles. The first-order valence-electron chi connectivity index (χ1n) is 6.86. The van der Waals surface area contributed by atoms with E-state index in [0.717, 1.165) is 18.4 Å². The first-order chi connectivity index (χ1) is 9.43. The molecule has 2 unspecified atom stereocenters. The molecule has 1 aromatic rings. The molecule has 0 saturated carbocycles. The lowest BCUT2D eigenvalue weighted by molar-refractivity contribution is -0.139. The van der Waals surface area contributed by atoms with Gasteiger partial charge < -0.3 is 10.4 Å². The molecule has 112 valence electrons. The monoisotopic (exact) mass is 345 g/mol. The van der Waals surface area contributed by atoms with Crippen LogP contribution in [0.2, 0.25) is 0 Å². The van der Waals surface area contributed by atoms with Gasteiger partial charge in [0.05, 0.1) is 0 Å². The van der Waals surface area contributed by atoms with E-state index >= 15 is 0 Å². The molecule has 0 spiro atoms. The van der Waals surface area contributed by atoms with Gasteiger partial charge in [-0.15, -0.1) is 0 Å². The van der Waals surface area contributed by atoms with Gasteiger partial charge in [-0.3, -0.25) is 4.79 Å². The van der Waals surface area contributed by atoms with Crippen LogP contribution in [0.15, 0.2) is 22.7 Å². The van der Waals surface area contributed by atoms with Gasteiger partial charge in [-0.25, -0.2) is 4.39 Å². The van der Waals surface area contributed by atoms with E-state index in [0.29, 0.717) is 17.3 Å². The largest absolute Gasteiger partial charge is 0.480 e. The number of carboxylic acids is 1. The summed E-state index contributed by atoms with van der Waals surface area (Å²) in [5.41, 5.74) is 0.964. The molecule has 20 heavy (non-hydrogen) atoms. The lowest BCUT2D eigenvalue weighted by Crippen LogP contribution is -2.43. The number of benzene rings is 1. The zero-order valence-corrected chi connectivity index (χ0v) is 13.4. The minimum absolute atomic E-state index is 0.00900. The molecule has 0 aromatic heterocycles. The molecule has 1 rings (SSSR count). The highest BCUT2D eigenvalue weighted by molar-refractivity contribution is 9.10. The maximum absolute atomic E-state index is 13.0. The van der Waals surface area contributed by atoms with Crippen LogP contribution in [0.4, 0.5) is 4.39 Å². The molecule has 1 aromatic carbocycles. The first kappa shape index (κ1) is 17.1. The van der Waals surface area contributed by atoms with E-state index in [4.69, 9.17) is 0 Å². The van der Waals surface area contributed by atoms with Crippen molar-refractivity contribution in [3.63, 3.8) is 0 Å². The second-order valence-corrected chi connectivity index (χ2v) is 5.89. The molecule has 2 atom stereocenters. The van der Waals surface area contributed by atoms with E-state index in [1.165, 1.54) is 12.1 Å². The normalized spacial score (nSPS) is 14.0. The first-order valence-corrected chi connectivity index (χ1v) is 7.66. The van der Waals surface area contributed by atoms with Crippen molar-refractivity contribution in [2.24, 2.45) is 0 Å². The molecule has 0 fully saturated rings. The van der Waals surface area contributed by atoms with Crippen molar-refractivity contribution >= 4 is 21.9 Å². The smallest absolute Gasteiger partial charge is 0.320 e. The fourth-order valence-corrected chi connectivity index (χ4v) is 2.62. The van der Waals surface area contributed by atoms with Gasteiger partial charge in [0.25, 0.3) is 0 Å². The van der Waals surface area contributed by atoms with E-state index in [2.05, 4.69) is 21.2 Å². The Balaban J connectivity index is 2.60. The number of unbranched alkanes of at least 4 members (excludes halogenated alkanes) is 1. The molecule has 0 aliphatic carbocycles. The Hall–Kier alpha value is -0.940. The van der Waals surface area contributed by atoms with Gasteiger partial charge in [-0.2, -0.15) is 0 Å². The number of rotatable bonds is 8. The Labute approximate surface area is 127 Å². The molecule has 5 heteroatoms. The van der Waals surface area contributed by atoms with Gasteiger partial charge in [0, 0.05) is 10.5 Å². The summed E-state index contributed by atoms with van der Waals surface area (Å²) >= 11 is 3.33. The van der Waals surface area contributed by atoms with Gasteiger partial charge in [0.1, 0.15) is 11.9 Å². The number of nitrogens with one attached hydrogen (secondary N) is 1. The van der Waals surface area contributed by atoms with Crippen molar-refractivity contribution in [2.75, 3.05) is 0 Å². The summed E-state index contributed by atoms with van der Waals surface area (Å²) in [4.78, 5) is 11.2. The molecule has 3 nitrogen and oxygen atoms in total. The number of hydrogen-bond donors (Lipinski definition) is 2. The summed E-state index contributed by atoms with van der Waals surface area (Å²) in [7, 11) is 0. The summed E-state index contributed by atoms with van der Waals surface area (Å²) < 4.78 is 13.7. The minimum atomic E-state index is -0.816. The van der Waals surface area contributed by atoms with Crippen LogP contribution in [0.5, 0.6) is 0 Å². The third kappa shape index (κ3) is 5.59. The lowest BCUT2D eigenvalue weighted by atomic mass is 10.0. The fraction of sp³-hybridized carbons (Fsp3) is 0.533. The topological polar surface area (TPSA) is 49.3 Å². The highest BCUT2D eigenvalue weighted by Crippen LogP contribution is 2.19. The highest BCUT2D eigenvalue weighted by atomic mass is 79.9. The molecule has 0 amide bonds. The number of aliphatic carboxylic acids is 1. The van der Waals surface area contributed by atoms with Gasteiger partial charge in [-0.05, 0) is 37.5 Å². The van der Waals surface area contributed by atoms with Crippen molar-refractivity contribution in [3.05, 3.63) is 34.1 Å². The van der Waals surface area contributed by atoms with Crippen molar-refractivity contribution in [3.8, 4) is 0 Å². The molecular weight excluding hydrogens is 325 g/mol. The molecule has 0 saturated heterocycles. The highest BCUT2D eigenvalue weighted by Gasteiger charge is 2.19. The average molecular weight is 346 g/mol. The van der Waals surface area contributed by atoms with E-state index in [1.807, 2.05) is 13.8 Å². The molecule has 0 aliphatic rings. The zero-order chi connectivity index (χ0) is 15.1. The van der Waals surface area contributed by atoms with E-state index < -0.39 is 12.0 Å². The summed E-state index contributed by atoms with van der Waals surface area (Å²) in [6, 6.07) is 4.05. The van der Waals surface area contributed by atoms with Crippen LogP contribution < -0.4 is 5.32 Å². The Morgan fingerprint density at radius 1 is 1.50 bits per heavy atom. The molecule has 0 radical (unpaired) electrons.